The largest absolute Gasteiger partial charge is 0.490 e. The highest BCUT2D eigenvalue weighted by molar-refractivity contribution is 6.42. The topological polar surface area (TPSA) is 35.2 Å². The molecule has 0 aliphatic heterocycles. The van der Waals surface area contributed by atoms with Crippen LogP contribution in [0.25, 0.3) is 0 Å². The van der Waals surface area contributed by atoms with Gasteiger partial charge in [-0.05, 0) is 31.5 Å². The first-order valence-corrected chi connectivity index (χ1v) is 5.74. The van der Waals surface area contributed by atoms with Crippen molar-refractivity contribution in [1.29, 1.82) is 0 Å². The number of hydrogen-bond acceptors (Lipinski definition) is 2. The number of ether oxygens (including phenoxy) is 1. The molecule has 2 nitrogen and oxygen atoms in total. The van der Waals surface area contributed by atoms with Crippen molar-refractivity contribution in [3.05, 3.63) is 28.2 Å². The summed E-state index contributed by atoms with van der Waals surface area (Å²) in [6, 6.07) is 5.27. The van der Waals surface area contributed by atoms with Crippen LogP contribution in [0.4, 0.5) is 0 Å². The molecule has 0 saturated carbocycles. The van der Waals surface area contributed by atoms with Crippen molar-refractivity contribution in [2.24, 2.45) is 5.73 Å². The second-order valence-electron chi connectivity index (χ2n) is 3.30. The first-order valence-electron chi connectivity index (χ1n) is 4.99. The molecule has 0 heterocycles. The lowest BCUT2D eigenvalue weighted by atomic mass is 10.2. The lowest BCUT2D eigenvalue weighted by Gasteiger charge is -2.16. The van der Waals surface area contributed by atoms with Gasteiger partial charge >= 0.3 is 0 Å². The Hall–Kier alpha value is -0.440. The van der Waals surface area contributed by atoms with E-state index in [0.717, 1.165) is 18.6 Å². The van der Waals surface area contributed by atoms with Gasteiger partial charge in [-0.1, -0.05) is 30.1 Å². The van der Waals surface area contributed by atoms with E-state index in [9.17, 15) is 0 Å². The van der Waals surface area contributed by atoms with E-state index in [0.29, 0.717) is 16.6 Å². The fraction of sp³-hybridized carbons (Fsp3) is 0.455. The molecule has 0 radical (unpaired) electrons. The molecule has 1 rings (SSSR count). The maximum absolute atomic E-state index is 5.88. The van der Waals surface area contributed by atoms with Crippen LogP contribution in [0.2, 0.25) is 10.0 Å². The Morgan fingerprint density at radius 3 is 2.60 bits per heavy atom. The minimum atomic E-state index is 0.146. The van der Waals surface area contributed by atoms with Crippen LogP contribution < -0.4 is 10.5 Å². The molecular formula is C11H15Cl2NO. The minimum Gasteiger partial charge on any atom is -0.490 e. The quantitative estimate of drug-likeness (QED) is 0.865. The summed E-state index contributed by atoms with van der Waals surface area (Å²) in [6.45, 7) is 2.69. The van der Waals surface area contributed by atoms with Gasteiger partial charge in [0.2, 0.25) is 0 Å². The molecule has 1 aromatic carbocycles. The molecule has 0 aromatic heterocycles. The monoisotopic (exact) mass is 247 g/mol. The first-order chi connectivity index (χ1) is 7.17. The number of halogens is 2. The maximum Gasteiger partial charge on any atom is 0.121 e. The van der Waals surface area contributed by atoms with E-state index in [1.165, 1.54) is 0 Å². The summed E-state index contributed by atoms with van der Waals surface area (Å²) in [4.78, 5) is 0. The van der Waals surface area contributed by atoms with E-state index in [-0.39, 0.29) is 6.10 Å². The SMILES string of the molecule is CCC(CCN)Oc1ccc(Cl)c(Cl)c1. The molecular weight excluding hydrogens is 233 g/mol. The van der Waals surface area contributed by atoms with E-state index in [1.807, 2.05) is 6.07 Å². The number of nitrogens with two attached hydrogens (primary N) is 1. The highest BCUT2D eigenvalue weighted by atomic mass is 35.5. The number of benzene rings is 1. The number of hydrogen-bond donors (Lipinski definition) is 1. The lowest BCUT2D eigenvalue weighted by molar-refractivity contribution is 0.189. The smallest absolute Gasteiger partial charge is 0.121 e. The van der Waals surface area contributed by atoms with Crippen LogP contribution in [0, 0.1) is 0 Å². The fourth-order valence-electron chi connectivity index (χ4n) is 1.27. The third kappa shape index (κ3) is 3.90. The minimum absolute atomic E-state index is 0.146. The summed E-state index contributed by atoms with van der Waals surface area (Å²) < 4.78 is 5.72. The van der Waals surface area contributed by atoms with Gasteiger partial charge in [0, 0.05) is 6.07 Å². The predicted octanol–water partition coefficient (Wildman–Crippen LogP) is 3.50. The van der Waals surface area contributed by atoms with Crippen molar-refractivity contribution >= 4 is 23.2 Å². The summed E-state index contributed by atoms with van der Waals surface area (Å²) >= 11 is 11.7. The van der Waals surface area contributed by atoms with Crippen LogP contribution in [-0.2, 0) is 0 Å². The van der Waals surface area contributed by atoms with Crippen molar-refractivity contribution in [1.82, 2.24) is 0 Å². The average molecular weight is 248 g/mol. The molecule has 0 amide bonds. The van der Waals surface area contributed by atoms with E-state index in [1.54, 1.807) is 12.1 Å². The Bertz CT molecular complexity index is 317. The second kappa shape index (κ2) is 6.21. The van der Waals surface area contributed by atoms with Gasteiger partial charge in [0.25, 0.3) is 0 Å². The van der Waals surface area contributed by atoms with E-state index in [4.69, 9.17) is 33.7 Å². The second-order valence-corrected chi connectivity index (χ2v) is 4.12. The van der Waals surface area contributed by atoms with Crippen molar-refractivity contribution < 1.29 is 4.74 Å². The standard InChI is InChI=1S/C11H15Cl2NO/c1-2-8(5-6-14)15-9-3-4-10(12)11(13)7-9/h3-4,7-8H,2,5-6,14H2,1H3. The van der Waals surface area contributed by atoms with Gasteiger partial charge in [0.05, 0.1) is 16.1 Å². The Morgan fingerprint density at radius 1 is 1.33 bits per heavy atom. The molecule has 1 aromatic rings. The maximum atomic E-state index is 5.88. The zero-order valence-electron chi connectivity index (χ0n) is 8.67. The molecule has 0 aliphatic rings. The highest BCUT2D eigenvalue weighted by Gasteiger charge is 2.08. The Labute approximate surface area is 100 Å². The first kappa shape index (κ1) is 12.6. The van der Waals surface area contributed by atoms with E-state index < -0.39 is 0 Å². The van der Waals surface area contributed by atoms with Gasteiger partial charge in [-0.2, -0.15) is 0 Å². The molecule has 1 unspecified atom stereocenters. The summed E-state index contributed by atoms with van der Waals surface area (Å²) in [7, 11) is 0. The molecule has 4 heteroatoms. The Kier molecular flexibility index (Phi) is 5.23. The van der Waals surface area contributed by atoms with Crippen LogP contribution in [0.15, 0.2) is 18.2 Å². The van der Waals surface area contributed by atoms with E-state index >= 15 is 0 Å². The van der Waals surface area contributed by atoms with Crippen LogP contribution >= 0.6 is 23.2 Å². The van der Waals surface area contributed by atoms with E-state index in [2.05, 4.69) is 6.92 Å². The summed E-state index contributed by atoms with van der Waals surface area (Å²) in [5.74, 6) is 0.740. The summed E-state index contributed by atoms with van der Waals surface area (Å²) in [5.41, 5.74) is 5.49. The third-order valence-electron chi connectivity index (χ3n) is 2.14. The zero-order chi connectivity index (χ0) is 11.3. The number of rotatable bonds is 5. The molecule has 0 bridgehead atoms. The van der Waals surface area contributed by atoms with Gasteiger partial charge in [0.1, 0.15) is 5.75 Å². The van der Waals surface area contributed by atoms with Crippen molar-refractivity contribution in [3.63, 3.8) is 0 Å². The highest BCUT2D eigenvalue weighted by Crippen LogP contribution is 2.27. The van der Waals surface area contributed by atoms with Crippen molar-refractivity contribution in [3.8, 4) is 5.75 Å². The van der Waals surface area contributed by atoms with Gasteiger partial charge in [0.15, 0.2) is 0 Å². The molecule has 2 N–H and O–H groups in total. The van der Waals surface area contributed by atoms with Gasteiger partial charge in [-0.15, -0.1) is 0 Å². The average Bonchev–Trinajstić information content (AvgIpc) is 2.23. The van der Waals surface area contributed by atoms with Gasteiger partial charge in [-0.25, -0.2) is 0 Å². The molecule has 0 saturated heterocycles. The predicted molar refractivity (Wildman–Crippen MR) is 64.8 cm³/mol. The molecule has 84 valence electrons. The third-order valence-corrected chi connectivity index (χ3v) is 2.88. The van der Waals surface area contributed by atoms with Crippen LogP contribution in [0.3, 0.4) is 0 Å². The molecule has 0 fully saturated rings. The Morgan fingerprint density at radius 2 is 2.07 bits per heavy atom. The zero-order valence-corrected chi connectivity index (χ0v) is 10.2. The summed E-state index contributed by atoms with van der Waals surface area (Å²) in [5, 5.41) is 1.05. The van der Waals surface area contributed by atoms with Gasteiger partial charge < -0.3 is 10.5 Å². The Balaban J connectivity index is 2.66. The lowest BCUT2D eigenvalue weighted by Crippen LogP contribution is -2.19. The van der Waals surface area contributed by atoms with Crippen LogP contribution in [-0.4, -0.2) is 12.6 Å². The molecule has 1 atom stereocenters. The van der Waals surface area contributed by atoms with Gasteiger partial charge in [-0.3, -0.25) is 0 Å². The van der Waals surface area contributed by atoms with Crippen LogP contribution in [0.1, 0.15) is 19.8 Å². The molecule has 15 heavy (non-hydrogen) atoms. The fourth-order valence-corrected chi connectivity index (χ4v) is 1.56. The molecule has 0 aliphatic carbocycles. The van der Waals surface area contributed by atoms with Crippen molar-refractivity contribution in [2.45, 2.75) is 25.9 Å². The molecule has 0 spiro atoms. The van der Waals surface area contributed by atoms with Crippen molar-refractivity contribution in [2.75, 3.05) is 6.54 Å². The summed E-state index contributed by atoms with van der Waals surface area (Å²) in [6.07, 6.45) is 1.92. The normalized spacial score (nSPS) is 12.5. The van der Waals surface area contributed by atoms with Crippen LogP contribution in [0.5, 0.6) is 5.75 Å².